The quantitative estimate of drug-likeness (QED) is 0.899. The van der Waals surface area contributed by atoms with E-state index in [1.54, 1.807) is 6.92 Å². The molecule has 0 radical (unpaired) electrons. The third-order valence-electron chi connectivity index (χ3n) is 4.70. The van der Waals surface area contributed by atoms with Gasteiger partial charge in [-0.1, -0.05) is 30.1 Å². The number of nitrogens with one attached hydrogen (secondary N) is 1. The molecule has 1 atom stereocenters. The maximum Gasteiger partial charge on any atom is 0.322 e. The molecule has 1 unspecified atom stereocenters. The molecule has 3 rings (SSSR count). The second kappa shape index (κ2) is 7.03. The van der Waals surface area contributed by atoms with Gasteiger partial charge in [0.05, 0.1) is 6.04 Å². The standard InChI is InChI=1S/C18H24N4O2/c1-12-8-7-9-15(13(12)2)20-18(23)22-11-6-4-5-10-16(22)17-19-14(3)24-21-17/h7-9,16H,4-6,10-11H2,1-3H3,(H,20,23). The minimum atomic E-state index is -0.130. The number of urea groups is 1. The van der Waals surface area contributed by atoms with Gasteiger partial charge in [-0.3, -0.25) is 0 Å². The summed E-state index contributed by atoms with van der Waals surface area (Å²) in [4.78, 5) is 19.1. The van der Waals surface area contributed by atoms with Gasteiger partial charge in [0.1, 0.15) is 0 Å². The summed E-state index contributed by atoms with van der Waals surface area (Å²) in [5.74, 6) is 1.13. The monoisotopic (exact) mass is 328 g/mol. The summed E-state index contributed by atoms with van der Waals surface area (Å²) in [5, 5.41) is 7.10. The number of hydrogen-bond donors (Lipinski definition) is 1. The molecule has 1 saturated heterocycles. The number of carbonyl (C=O) groups is 1. The van der Waals surface area contributed by atoms with E-state index < -0.39 is 0 Å². The van der Waals surface area contributed by atoms with Crippen molar-refractivity contribution in [1.29, 1.82) is 0 Å². The van der Waals surface area contributed by atoms with Gasteiger partial charge in [-0.05, 0) is 43.9 Å². The molecule has 0 saturated carbocycles. The van der Waals surface area contributed by atoms with E-state index in [-0.39, 0.29) is 12.1 Å². The molecule has 128 valence electrons. The Morgan fingerprint density at radius 2 is 2.08 bits per heavy atom. The molecular formula is C18H24N4O2. The number of likely N-dealkylation sites (tertiary alicyclic amines) is 1. The average molecular weight is 328 g/mol. The normalized spacial score (nSPS) is 18.3. The fourth-order valence-corrected chi connectivity index (χ4v) is 3.14. The van der Waals surface area contributed by atoms with Crippen molar-refractivity contribution in [1.82, 2.24) is 15.0 Å². The molecule has 2 aromatic rings. The summed E-state index contributed by atoms with van der Waals surface area (Å²) in [6, 6.07) is 5.71. The number of aromatic nitrogens is 2. The average Bonchev–Trinajstić information content (AvgIpc) is 2.84. The lowest BCUT2D eigenvalue weighted by Crippen LogP contribution is -2.38. The van der Waals surface area contributed by atoms with Gasteiger partial charge in [-0.15, -0.1) is 0 Å². The minimum Gasteiger partial charge on any atom is -0.340 e. The van der Waals surface area contributed by atoms with Gasteiger partial charge in [0.2, 0.25) is 5.89 Å². The fraction of sp³-hybridized carbons (Fsp3) is 0.500. The Labute approximate surface area is 142 Å². The van der Waals surface area contributed by atoms with Crippen LogP contribution >= 0.6 is 0 Å². The van der Waals surface area contributed by atoms with Gasteiger partial charge in [-0.2, -0.15) is 4.98 Å². The molecule has 1 fully saturated rings. The van der Waals surface area contributed by atoms with Crippen molar-refractivity contribution in [3.05, 3.63) is 41.0 Å². The first-order chi connectivity index (χ1) is 11.6. The van der Waals surface area contributed by atoms with Crippen LogP contribution in [0.1, 0.15) is 54.6 Å². The predicted molar refractivity (Wildman–Crippen MR) is 91.9 cm³/mol. The molecule has 1 N–H and O–H groups in total. The molecule has 0 bridgehead atoms. The van der Waals surface area contributed by atoms with Crippen LogP contribution in [-0.4, -0.2) is 27.6 Å². The van der Waals surface area contributed by atoms with Crippen molar-refractivity contribution in [3.8, 4) is 0 Å². The summed E-state index contributed by atoms with van der Waals surface area (Å²) in [6.07, 6.45) is 4.03. The maximum absolute atomic E-state index is 12.9. The van der Waals surface area contributed by atoms with E-state index in [1.807, 2.05) is 36.9 Å². The lowest BCUT2D eigenvalue weighted by Gasteiger charge is -2.28. The summed E-state index contributed by atoms with van der Waals surface area (Å²) < 4.78 is 5.12. The number of benzene rings is 1. The summed E-state index contributed by atoms with van der Waals surface area (Å²) in [7, 11) is 0. The van der Waals surface area contributed by atoms with Gasteiger partial charge >= 0.3 is 6.03 Å². The Balaban J connectivity index is 1.83. The lowest BCUT2D eigenvalue weighted by molar-refractivity contribution is 0.184. The first kappa shape index (κ1) is 16.5. The molecule has 6 heteroatoms. The number of nitrogens with zero attached hydrogens (tertiary/aromatic N) is 3. The van der Waals surface area contributed by atoms with Gasteiger partial charge in [0, 0.05) is 19.2 Å². The van der Waals surface area contributed by atoms with E-state index >= 15 is 0 Å². The van der Waals surface area contributed by atoms with Crippen LogP contribution in [0.5, 0.6) is 0 Å². The van der Waals surface area contributed by atoms with Crippen molar-refractivity contribution in [2.75, 3.05) is 11.9 Å². The van der Waals surface area contributed by atoms with Crippen LogP contribution in [0, 0.1) is 20.8 Å². The molecule has 1 aromatic carbocycles. The summed E-state index contributed by atoms with van der Waals surface area (Å²) >= 11 is 0. The minimum absolute atomic E-state index is 0.0990. The maximum atomic E-state index is 12.9. The number of carbonyl (C=O) groups excluding carboxylic acids is 1. The Hall–Kier alpha value is -2.37. The smallest absolute Gasteiger partial charge is 0.322 e. The van der Waals surface area contributed by atoms with Crippen LogP contribution in [0.4, 0.5) is 10.5 Å². The van der Waals surface area contributed by atoms with Crippen molar-refractivity contribution < 1.29 is 9.32 Å². The second-order valence-electron chi connectivity index (χ2n) is 6.41. The molecule has 1 aliphatic rings. The van der Waals surface area contributed by atoms with Gasteiger partial charge in [0.15, 0.2) is 5.82 Å². The largest absolute Gasteiger partial charge is 0.340 e. The SMILES string of the molecule is Cc1nc(C2CCCCCN2C(=O)Nc2cccc(C)c2C)no1. The van der Waals surface area contributed by atoms with Crippen LogP contribution in [0.25, 0.3) is 0 Å². The highest BCUT2D eigenvalue weighted by atomic mass is 16.5. The van der Waals surface area contributed by atoms with Crippen molar-refractivity contribution in [2.45, 2.75) is 52.5 Å². The van der Waals surface area contributed by atoms with E-state index in [0.717, 1.165) is 42.5 Å². The topological polar surface area (TPSA) is 71.3 Å². The van der Waals surface area contributed by atoms with Gasteiger partial charge in [0.25, 0.3) is 0 Å². The number of hydrogen-bond acceptors (Lipinski definition) is 4. The number of aryl methyl sites for hydroxylation is 2. The van der Waals surface area contributed by atoms with E-state index in [0.29, 0.717) is 18.3 Å². The van der Waals surface area contributed by atoms with Crippen LogP contribution in [0.2, 0.25) is 0 Å². The zero-order valence-electron chi connectivity index (χ0n) is 14.5. The van der Waals surface area contributed by atoms with E-state index in [9.17, 15) is 4.79 Å². The summed E-state index contributed by atoms with van der Waals surface area (Å²) in [6.45, 7) is 6.54. The highest BCUT2D eigenvalue weighted by Gasteiger charge is 2.30. The van der Waals surface area contributed by atoms with Crippen molar-refractivity contribution in [2.24, 2.45) is 0 Å². The first-order valence-corrected chi connectivity index (χ1v) is 8.50. The van der Waals surface area contributed by atoms with Gasteiger partial charge in [-0.25, -0.2) is 4.79 Å². The number of amides is 2. The zero-order valence-corrected chi connectivity index (χ0v) is 14.5. The third-order valence-corrected chi connectivity index (χ3v) is 4.70. The zero-order chi connectivity index (χ0) is 17.1. The van der Waals surface area contributed by atoms with Crippen LogP contribution in [0.15, 0.2) is 22.7 Å². The number of anilines is 1. The highest BCUT2D eigenvalue weighted by molar-refractivity contribution is 5.90. The molecular weight excluding hydrogens is 304 g/mol. The Morgan fingerprint density at radius 3 is 2.83 bits per heavy atom. The highest BCUT2D eigenvalue weighted by Crippen LogP contribution is 2.29. The van der Waals surface area contributed by atoms with Crippen LogP contribution in [-0.2, 0) is 0 Å². The molecule has 0 spiro atoms. The Kier molecular flexibility index (Phi) is 4.83. The molecule has 24 heavy (non-hydrogen) atoms. The predicted octanol–water partition coefficient (Wildman–Crippen LogP) is 4.14. The molecule has 1 aliphatic heterocycles. The summed E-state index contributed by atoms with van der Waals surface area (Å²) in [5.41, 5.74) is 3.11. The van der Waals surface area contributed by atoms with Crippen LogP contribution in [0.3, 0.4) is 0 Å². The van der Waals surface area contributed by atoms with Crippen LogP contribution < -0.4 is 5.32 Å². The lowest BCUT2D eigenvalue weighted by atomic mass is 10.1. The fourth-order valence-electron chi connectivity index (χ4n) is 3.14. The molecule has 1 aromatic heterocycles. The molecule has 2 amide bonds. The van der Waals surface area contributed by atoms with E-state index in [4.69, 9.17) is 4.52 Å². The van der Waals surface area contributed by atoms with Gasteiger partial charge < -0.3 is 14.7 Å². The van der Waals surface area contributed by atoms with Crippen molar-refractivity contribution in [3.63, 3.8) is 0 Å². The Morgan fingerprint density at radius 1 is 1.25 bits per heavy atom. The van der Waals surface area contributed by atoms with E-state index in [2.05, 4.69) is 15.5 Å². The molecule has 6 nitrogen and oxygen atoms in total. The second-order valence-corrected chi connectivity index (χ2v) is 6.41. The number of rotatable bonds is 2. The van der Waals surface area contributed by atoms with Crippen molar-refractivity contribution >= 4 is 11.7 Å². The van der Waals surface area contributed by atoms with E-state index in [1.165, 1.54) is 0 Å². The first-order valence-electron chi connectivity index (χ1n) is 8.50. The third kappa shape index (κ3) is 3.42. The Bertz CT molecular complexity index is 726. The molecule has 2 heterocycles. The molecule has 0 aliphatic carbocycles.